The monoisotopic (exact) mass is 164 g/mol. The van der Waals surface area contributed by atoms with Crippen LogP contribution in [0.5, 0.6) is 0 Å². The van der Waals surface area contributed by atoms with Crippen LogP contribution in [-0.2, 0) is 0 Å². The van der Waals surface area contributed by atoms with Gasteiger partial charge in [0.2, 0.25) is 0 Å². The molecule has 64 valence electrons. The third kappa shape index (κ3) is 2.34. The number of nitrogens with one attached hydrogen (secondary N) is 1. The van der Waals surface area contributed by atoms with Gasteiger partial charge in [-0.3, -0.25) is 5.41 Å². The number of hydrogen-bond acceptors (Lipinski definition) is 2. The van der Waals surface area contributed by atoms with Gasteiger partial charge in [0.1, 0.15) is 6.21 Å². The fraction of sp³-hybridized carbons (Fsp3) is 0.333. The molecule has 0 bridgehead atoms. The van der Waals surface area contributed by atoms with Gasteiger partial charge >= 0.3 is 0 Å². The molecule has 0 aromatic carbocycles. The smallest absolute Gasteiger partial charge is 0.180 e. The van der Waals surface area contributed by atoms with Crippen molar-refractivity contribution in [3.63, 3.8) is 0 Å². The highest BCUT2D eigenvalue weighted by Crippen LogP contribution is 2.10. The van der Waals surface area contributed by atoms with Crippen molar-refractivity contribution in [2.24, 2.45) is 11.0 Å². The molecular formula is C9H14N3+. The van der Waals surface area contributed by atoms with Crippen LogP contribution in [-0.4, -0.2) is 18.5 Å². The lowest BCUT2D eigenvalue weighted by Crippen LogP contribution is -2.32. The highest BCUT2D eigenvalue weighted by Gasteiger charge is 2.11. The Bertz CT molecular complexity index is 228. The van der Waals surface area contributed by atoms with Crippen LogP contribution in [0.2, 0.25) is 0 Å². The molecular weight excluding hydrogens is 150 g/mol. The predicted molar refractivity (Wildman–Crippen MR) is 50.8 cm³/mol. The van der Waals surface area contributed by atoms with Gasteiger partial charge in [-0.1, -0.05) is 31.2 Å². The summed E-state index contributed by atoms with van der Waals surface area (Å²) < 4.78 is 0. The van der Waals surface area contributed by atoms with Gasteiger partial charge in [0.15, 0.2) is 6.21 Å². The first kappa shape index (κ1) is 8.71. The van der Waals surface area contributed by atoms with E-state index in [2.05, 4.69) is 29.6 Å². The lowest BCUT2D eigenvalue weighted by Gasteiger charge is -2.19. The summed E-state index contributed by atoms with van der Waals surface area (Å²) in [6.07, 6.45) is 11.2. The summed E-state index contributed by atoms with van der Waals surface area (Å²) in [5, 5.41) is 9.06. The Balaban J connectivity index is 2.42. The first-order valence-corrected chi connectivity index (χ1v) is 4.01. The maximum absolute atomic E-state index is 5.13. The molecule has 12 heavy (non-hydrogen) atoms. The summed E-state index contributed by atoms with van der Waals surface area (Å²) >= 11 is 0. The molecule has 0 spiro atoms. The molecule has 1 aliphatic rings. The first-order valence-electron chi connectivity index (χ1n) is 4.01. The van der Waals surface area contributed by atoms with Crippen LogP contribution < -0.4 is 10.8 Å². The van der Waals surface area contributed by atoms with Crippen molar-refractivity contribution in [2.75, 3.05) is 0 Å². The van der Waals surface area contributed by atoms with Gasteiger partial charge < -0.3 is 5.43 Å². The molecule has 0 aromatic rings. The second-order valence-electron chi connectivity index (χ2n) is 2.75. The summed E-state index contributed by atoms with van der Waals surface area (Å²) in [6.45, 7) is 2.14. The maximum Gasteiger partial charge on any atom is 0.180 e. The fourth-order valence-electron chi connectivity index (χ4n) is 1.05. The minimum absolute atomic E-state index is 0.284. The van der Waals surface area contributed by atoms with Crippen molar-refractivity contribution in [3.05, 3.63) is 24.3 Å². The van der Waals surface area contributed by atoms with Crippen LogP contribution in [0.4, 0.5) is 0 Å². The molecule has 0 aliphatic heterocycles. The predicted octanol–water partition coefficient (Wildman–Crippen LogP) is -0.478. The SMILES string of the molecule is CC1C=CC=CC1N/N=C\C=[NH2+]. The van der Waals surface area contributed by atoms with Gasteiger partial charge in [0, 0.05) is 0 Å². The molecule has 0 radical (unpaired) electrons. The maximum atomic E-state index is 5.13. The van der Waals surface area contributed by atoms with Crippen LogP contribution >= 0.6 is 0 Å². The van der Waals surface area contributed by atoms with E-state index >= 15 is 0 Å². The third-order valence-corrected chi connectivity index (χ3v) is 1.79. The number of nitrogens with zero attached hydrogens (tertiary/aromatic N) is 1. The number of hydrogen-bond donors (Lipinski definition) is 2. The number of hydrazone groups is 1. The topological polar surface area (TPSA) is 50.0 Å². The molecule has 3 heteroatoms. The van der Waals surface area contributed by atoms with Crippen molar-refractivity contribution in [1.29, 1.82) is 0 Å². The molecule has 1 rings (SSSR count). The molecule has 1 aliphatic carbocycles. The molecule has 3 nitrogen and oxygen atoms in total. The molecule has 0 heterocycles. The average Bonchev–Trinajstić information content (AvgIpc) is 2.09. The summed E-state index contributed by atoms with van der Waals surface area (Å²) in [7, 11) is 0. The number of nitrogens with two attached hydrogens (primary N) is 1. The quantitative estimate of drug-likeness (QED) is 0.429. The Morgan fingerprint density at radius 3 is 2.83 bits per heavy atom. The molecule has 0 saturated heterocycles. The zero-order chi connectivity index (χ0) is 8.81. The van der Waals surface area contributed by atoms with E-state index in [1.165, 1.54) is 6.21 Å². The van der Waals surface area contributed by atoms with Gasteiger partial charge in [-0.05, 0) is 5.92 Å². The van der Waals surface area contributed by atoms with Crippen LogP contribution in [0, 0.1) is 5.92 Å². The summed E-state index contributed by atoms with van der Waals surface area (Å²) in [5.41, 5.74) is 2.99. The van der Waals surface area contributed by atoms with E-state index in [0.717, 1.165) is 0 Å². The fourth-order valence-corrected chi connectivity index (χ4v) is 1.05. The molecule has 2 atom stereocenters. The molecule has 3 N–H and O–H groups in total. The summed E-state index contributed by atoms with van der Waals surface area (Å²) in [5.74, 6) is 0.477. The van der Waals surface area contributed by atoms with Crippen molar-refractivity contribution in [3.8, 4) is 0 Å². The van der Waals surface area contributed by atoms with Gasteiger partial charge in [-0.25, -0.2) is 0 Å². The van der Waals surface area contributed by atoms with E-state index in [1.807, 2.05) is 12.2 Å². The minimum Gasteiger partial charge on any atom is -0.302 e. The van der Waals surface area contributed by atoms with Gasteiger partial charge in [-0.15, -0.1) is 0 Å². The second-order valence-corrected chi connectivity index (χ2v) is 2.75. The van der Waals surface area contributed by atoms with Gasteiger partial charge in [0.05, 0.1) is 6.04 Å². The lowest BCUT2D eigenvalue weighted by atomic mass is 9.98. The second kappa shape index (κ2) is 4.49. The van der Waals surface area contributed by atoms with E-state index in [-0.39, 0.29) is 6.04 Å². The van der Waals surface area contributed by atoms with E-state index in [0.29, 0.717) is 5.92 Å². The molecule has 0 amide bonds. The Labute approximate surface area is 72.4 Å². The molecule has 0 aromatic heterocycles. The van der Waals surface area contributed by atoms with Crippen LogP contribution in [0.25, 0.3) is 0 Å². The number of allylic oxidation sites excluding steroid dienone is 2. The van der Waals surface area contributed by atoms with E-state index in [4.69, 9.17) is 5.41 Å². The van der Waals surface area contributed by atoms with Gasteiger partial charge in [-0.2, -0.15) is 5.10 Å². The Kier molecular flexibility index (Phi) is 3.26. The highest BCUT2D eigenvalue weighted by atomic mass is 15.3. The zero-order valence-electron chi connectivity index (χ0n) is 7.14. The van der Waals surface area contributed by atoms with Crippen molar-refractivity contribution in [1.82, 2.24) is 5.43 Å². The Morgan fingerprint density at radius 2 is 2.17 bits per heavy atom. The largest absolute Gasteiger partial charge is 0.302 e. The summed E-state index contributed by atoms with van der Waals surface area (Å²) in [6, 6.07) is 0.284. The van der Waals surface area contributed by atoms with Crippen molar-refractivity contribution < 1.29 is 5.41 Å². The van der Waals surface area contributed by atoms with Crippen LogP contribution in [0.3, 0.4) is 0 Å². The Hall–Kier alpha value is -1.38. The normalized spacial score (nSPS) is 27.8. The first-order chi connectivity index (χ1) is 5.84. The van der Waals surface area contributed by atoms with Crippen molar-refractivity contribution >= 4 is 12.4 Å². The highest BCUT2D eigenvalue weighted by molar-refractivity contribution is 6.12. The lowest BCUT2D eigenvalue weighted by molar-refractivity contribution is -0.102. The minimum atomic E-state index is 0.284. The van der Waals surface area contributed by atoms with Crippen LogP contribution in [0.1, 0.15) is 6.92 Å². The average molecular weight is 164 g/mol. The van der Waals surface area contributed by atoms with E-state index in [9.17, 15) is 0 Å². The van der Waals surface area contributed by atoms with E-state index in [1.54, 1.807) is 6.21 Å². The zero-order valence-corrected chi connectivity index (χ0v) is 7.14. The number of rotatable bonds is 3. The van der Waals surface area contributed by atoms with Gasteiger partial charge in [0.25, 0.3) is 0 Å². The molecule has 0 saturated carbocycles. The third-order valence-electron chi connectivity index (χ3n) is 1.79. The molecule has 2 unspecified atom stereocenters. The van der Waals surface area contributed by atoms with Crippen molar-refractivity contribution in [2.45, 2.75) is 13.0 Å². The molecule has 0 fully saturated rings. The Morgan fingerprint density at radius 1 is 1.42 bits per heavy atom. The summed E-state index contributed by atoms with van der Waals surface area (Å²) in [4.78, 5) is 0. The van der Waals surface area contributed by atoms with Crippen LogP contribution in [0.15, 0.2) is 29.4 Å². The van der Waals surface area contributed by atoms with E-state index < -0.39 is 0 Å². The standard InChI is InChI=1S/C9H13N3/c1-8-4-2-3-5-9(8)12-11-7-6-10/h2-10,12H,1H3/p+1/b10-6?,11-7-.